The van der Waals surface area contributed by atoms with Crippen LogP contribution in [0.2, 0.25) is 10.2 Å². The Balaban J connectivity index is 2.07. The largest absolute Gasteiger partial charge is 0.228 e. The molecule has 0 saturated heterocycles. The molecule has 104 valence electrons. The van der Waals surface area contributed by atoms with Gasteiger partial charge in [-0.1, -0.05) is 35.3 Å². The fraction of sp³-hybridized carbons (Fsp3) is 0. The van der Waals surface area contributed by atoms with Gasteiger partial charge in [0.05, 0.1) is 5.69 Å². The van der Waals surface area contributed by atoms with E-state index in [4.69, 9.17) is 23.2 Å². The molecule has 0 atom stereocenters. The molecule has 0 aliphatic rings. The van der Waals surface area contributed by atoms with Gasteiger partial charge in [-0.25, -0.2) is 14.4 Å². The summed E-state index contributed by atoms with van der Waals surface area (Å²) in [6.07, 6.45) is 0. The standard InChI is InChI=1S/C16H9Cl2FN2/c17-12-5-1-10(2-6-12)14-9-15(18)21-16(20-14)11-3-7-13(19)8-4-11/h1-9H. The monoisotopic (exact) mass is 318 g/mol. The third kappa shape index (κ3) is 3.20. The van der Waals surface area contributed by atoms with Gasteiger partial charge in [-0.3, -0.25) is 0 Å². The molecule has 0 saturated carbocycles. The fourth-order valence-corrected chi connectivity index (χ4v) is 2.22. The Morgan fingerprint density at radius 2 is 1.38 bits per heavy atom. The molecule has 21 heavy (non-hydrogen) atoms. The molecule has 1 aromatic heterocycles. The van der Waals surface area contributed by atoms with E-state index >= 15 is 0 Å². The molecular weight excluding hydrogens is 310 g/mol. The SMILES string of the molecule is Fc1ccc(-c2nc(Cl)cc(-c3ccc(Cl)cc3)n2)cc1. The zero-order chi connectivity index (χ0) is 14.8. The summed E-state index contributed by atoms with van der Waals surface area (Å²) in [4.78, 5) is 8.65. The molecule has 0 spiro atoms. The summed E-state index contributed by atoms with van der Waals surface area (Å²) < 4.78 is 13.0. The van der Waals surface area contributed by atoms with Crippen LogP contribution in [-0.4, -0.2) is 9.97 Å². The van der Waals surface area contributed by atoms with E-state index in [-0.39, 0.29) is 5.82 Å². The van der Waals surface area contributed by atoms with Crippen LogP contribution in [-0.2, 0) is 0 Å². The smallest absolute Gasteiger partial charge is 0.161 e. The van der Waals surface area contributed by atoms with Gasteiger partial charge < -0.3 is 0 Å². The molecule has 2 nitrogen and oxygen atoms in total. The predicted octanol–water partition coefficient (Wildman–Crippen LogP) is 5.26. The van der Waals surface area contributed by atoms with Crippen LogP contribution in [0.1, 0.15) is 0 Å². The Hall–Kier alpha value is -1.97. The van der Waals surface area contributed by atoms with Crippen LogP contribution in [0.25, 0.3) is 22.6 Å². The lowest BCUT2D eigenvalue weighted by molar-refractivity contribution is 0.628. The lowest BCUT2D eigenvalue weighted by Crippen LogP contribution is -1.93. The van der Waals surface area contributed by atoms with Gasteiger partial charge in [-0.15, -0.1) is 0 Å². The normalized spacial score (nSPS) is 10.6. The highest BCUT2D eigenvalue weighted by Gasteiger charge is 2.08. The molecular formula is C16H9Cl2FN2. The molecule has 0 unspecified atom stereocenters. The van der Waals surface area contributed by atoms with Gasteiger partial charge in [0.25, 0.3) is 0 Å². The Bertz CT molecular complexity index is 708. The van der Waals surface area contributed by atoms with Crippen molar-refractivity contribution in [3.8, 4) is 22.6 Å². The summed E-state index contributed by atoms with van der Waals surface area (Å²) in [6.45, 7) is 0. The molecule has 0 bridgehead atoms. The highest BCUT2D eigenvalue weighted by molar-refractivity contribution is 6.30. The maximum absolute atomic E-state index is 13.0. The highest BCUT2D eigenvalue weighted by atomic mass is 35.5. The van der Waals surface area contributed by atoms with Gasteiger partial charge in [0.15, 0.2) is 5.82 Å². The van der Waals surface area contributed by atoms with Crippen LogP contribution in [0.15, 0.2) is 54.6 Å². The van der Waals surface area contributed by atoms with E-state index in [0.29, 0.717) is 27.3 Å². The number of benzene rings is 2. The van der Waals surface area contributed by atoms with E-state index in [2.05, 4.69) is 9.97 Å². The minimum atomic E-state index is -0.307. The Kier molecular flexibility index (Phi) is 3.86. The topological polar surface area (TPSA) is 25.8 Å². The minimum Gasteiger partial charge on any atom is -0.228 e. The number of hydrogen-bond donors (Lipinski definition) is 0. The van der Waals surface area contributed by atoms with Gasteiger partial charge in [-0.2, -0.15) is 0 Å². The average Bonchev–Trinajstić information content (AvgIpc) is 2.48. The van der Waals surface area contributed by atoms with Crippen LogP contribution >= 0.6 is 23.2 Å². The second-order valence-electron chi connectivity index (χ2n) is 4.41. The molecule has 0 fully saturated rings. The summed E-state index contributed by atoms with van der Waals surface area (Å²) in [5.74, 6) is 0.145. The van der Waals surface area contributed by atoms with E-state index in [1.54, 1.807) is 30.3 Å². The third-order valence-corrected chi connectivity index (χ3v) is 3.38. The van der Waals surface area contributed by atoms with Crippen LogP contribution in [0.5, 0.6) is 0 Å². The van der Waals surface area contributed by atoms with Gasteiger partial charge in [0.2, 0.25) is 0 Å². The lowest BCUT2D eigenvalue weighted by Gasteiger charge is -2.06. The number of halogens is 3. The third-order valence-electron chi connectivity index (χ3n) is 2.94. The first-order valence-electron chi connectivity index (χ1n) is 6.18. The summed E-state index contributed by atoms with van der Waals surface area (Å²) in [7, 11) is 0. The van der Waals surface area contributed by atoms with E-state index in [1.807, 2.05) is 12.1 Å². The second kappa shape index (κ2) is 5.80. The quantitative estimate of drug-likeness (QED) is 0.602. The molecule has 0 aliphatic heterocycles. The van der Waals surface area contributed by atoms with E-state index in [1.165, 1.54) is 12.1 Å². The van der Waals surface area contributed by atoms with Crippen molar-refractivity contribution in [2.45, 2.75) is 0 Å². The molecule has 5 heteroatoms. The van der Waals surface area contributed by atoms with Crippen molar-refractivity contribution in [3.05, 3.63) is 70.6 Å². The zero-order valence-corrected chi connectivity index (χ0v) is 12.2. The van der Waals surface area contributed by atoms with Gasteiger partial charge in [-0.05, 0) is 36.4 Å². The second-order valence-corrected chi connectivity index (χ2v) is 5.24. The Labute approximate surface area is 131 Å². The molecule has 3 rings (SSSR count). The van der Waals surface area contributed by atoms with Crippen molar-refractivity contribution in [2.75, 3.05) is 0 Å². The van der Waals surface area contributed by atoms with Crippen LogP contribution in [0, 0.1) is 5.82 Å². The van der Waals surface area contributed by atoms with E-state index < -0.39 is 0 Å². The summed E-state index contributed by atoms with van der Waals surface area (Å²) >= 11 is 11.9. The molecule has 1 heterocycles. The molecule has 0 N–H and O–H groups in total. The van der Waals surface area contributed by atoms with Crippen molar-refractivity contribution in [1.82, 2.24) is 9.97 Å². The maximum Gasteiger partial charge on any atom is 0.161 e. The highest BCUT2D eigenvalue weighted by Crippen LogP contribution is 2.25. The van der Waals surface area contributed by atoms with Crippen LogP contribution in [0.3, 0.4) is 0 Å². The molecule has 2 aromatic carbocycles. The summed E-state index contributed by atoms with van der Waals surface area (Å²) in [5, 5.41) is 0.979. The zero-order valence-electron chi connectivity index (χ0n) is 10.7. The van der Waals surface area contributed by atoms with Crippen molar-refractivity contribution >= 4 is 23.2 Å². The first kappa shape index (κ1) is 14.0. The maximum atomic E-state index is 13.0. The van der Waals surface area contributed by atoms with Crippen LogP contribution < -0.4 is 0 Å². The lowest BCUT2D eigenvalue weighted by atomic mass is 10.1. The molecule has 0 amide bonds. The van der Waals surface area contributed by atoms with Gasteiger partial charge >= 0.3 is 0 Å². The van der Waals surface area contributed by atoms with E-state index in [9.17, 15) is 4.39 Å². The molecule has 0 radical (unpaired) electrons. The first-order valence-corrected chi connectivity index (χ1v) is 6.94. The summed E-state index contributed by atoms with van der Waals surface area (Å²) in [5.41, 5.74) is 2.27. The number of hydrogen-bond acceptors (Lipinski definition) is 2. The number of nitrogens with zero attached hydrogens (tertiary/aromatic N) is 2. The summed E-state index contributed by atoms with van der Waals surface area (Å²) in [6, 6.07) is 14.9. The van der Waals surface area contributed by atoms with Crippen molar-refractivity contribution in [3.63, 3.8) is 0 Å². The van der Waals surface area contributed by atoms with Gasteiger partial charge in [0.1, 0.15) is 11.0 Å². The van der Waals surface area contributed by atoms with Crippen molar-refractivity contribution in [2.24, 2.45) is 0 Å². The van der Waals surface area contributed by atoms with E-state index in [0.717, 1.165) is 5.56 Å². The van der Waals surface area contributed by atoms with Crippen molar-refractivity contribution in [1.29, 1.82) is 0 Å². The number of rotatable bonds is 2. The molecule has 3 aromatic rings. The van der Waals surface area contributed by atoms with Gasteiger partial charge in [0, 0.05) is 22.2 Å². The predicted molar refractivity (Wildman–Crippen MR) is 82.9 cm³/mol. The number of aromatic nitrogens is 2. The fourth-order valence-electron chi connectivity index (χ4n) is 1.91. The Morgan fingerprint density at radius 3 is 2.05 bits per heavy atom. The molecule has 0 aliphatic carbocycles. The Morgan fingerprint density at radius 1 is 0.762 bits per heavy atom. The minimum absolute atomic E-state index is 0.307. The average molecular weight is 319 g/mol. The van der Waals surface area contributed by atoms with Crippen LogP contribution in [0.4, 0.5) is 4.39 Å². The van der Waals surface area contributed by atoms with Crippen molar-refractivity contribution < 1.29 is 4.39 Å². The first-order chi connectivity index (χ1) is 10.1.